The highest BCUT2D eigenvalue weighted by Crippen LogP contribution is 2.18. The number of esters is 3. The van der Waals surface area contributed by atoms with Gasteiger partial charge in [0.15, 0.2) is 6.10 Å². The van der Waals surface area contributed by atoms with E-state index in [0.29, 0.717) is 19.3 Å². The number of rotatable bonds is 57. The minimum atomic E-state index is -0.767. The van der Waals surface area contributed by atoms with E-state index in [0.717, 1.165) is 64.2 Å². The Kier molecular flexibility index (Phi) is 56.2. The van der Waals surface area contributed by atoms with Crippen LogP contribution >= 0.6 is 0 Å². The molecule has 0 saturated carbocycles. The maximum absolute atomic E-state index is 12.8. The molecule has 0 aromatic rings. The molecule has 0 rings (SSSR count). The predicted molar refractivity (Wildman–Crippen MR) is 293 cm³/mol. The van der Waals surface area contributed by atoms with Gasteiger partial charge in [-0.25, -0.2) is 0 Å². The van der Waals surface area contributed by atoms with E-state index < -0.39 is 6.10 Å². The van der Waals surface area contributed by atoms with Crippen molar-refractivity contribution in [3.63, 3.8) is 0 Å². The lowest BCUT2D eigenvalue weighted by Gasteiger charge is -2.18. The van der Waals surface area contributed by atoms with Crippen LogP contribution < -0.4 is 0 Å². The molecule has 68 heavy (non-hydrogen) atoms. The number of carbonyl (C=O) groups excluding carboxylic acids is 3. The second-order valence-corrected chi connectivity index (χ2v) is 21.0. The molecule has 0 aliphatic rings. The summed E-state index contributed by atoms with van der Waals surface area (Å²) in [4.78, 5) is 38.1. The third-order valence-electron chi connectivity index (χ3n) is 14.0. The molecular weight excluding hydrogens is 841 g/mol. The van der Waals surface area contributed by atoms with E-state index in [-0.39, 0.29) is 31.1 Å². The SMILES string of the molecule is CCCC/C=C\CCCCCCCC(=O)OCC(COC(=O)CCCCCCCCCCCCCCCCCCCCCCCCCCCC)OC(=O)CCCCCCCCCCCCCCC. The molecule has 0 aromatic heterocycles. The molecule has 402 valence electrons. The van der Waals surface area contributed by atoms with Crippen molar-refractivity contribution in [2.75, 3.05) is 13.2 Å². The molecule has 0 saturated heterocycles. The molecule has 6 nitrogen and oxygen atoms in total. The quantitative estimate of drug-likeness (QED) is 0.0262. The van der Waals surface area contributed by atoms with E-state index in [1.165, 1.54) is 244 Å². The topological polar surface area (TPSA) is 78.9 Å². The van der Waals surface area contributed by atoms with Gasteiger partial charge in [0, 0.05) is 19.3 Å². The van der Waals surface area contributed by atoms with Crippen molar-refractivity contribution in [2.45, 2.75) is 354 Å². The normalized spacial score (nSPS) is 12.0. The summed E-state index contributed by atoms with van der Waals surface area (Å²) in [6.45, 7) is 6.65. The van der Waals surface area contributed by atoms with Gasteiger partial charge in [0.1, 0.15) is 13.2 Å². The minimum absolute atomic E-state index is 0.0666. The summed E-state index contributed by atoms with van der Waals surface area (Å²) in [6, 6.07) is 0. The first-order valence-corrected chi connectivity index (χ1v) is 30.7. The average molecular weight is 960 g/mol. The van der Waals surface area contributed by atoms with Crippen molar-refractivity contribution in [1.29, 1.82) is 0 Å². The lowest BCUT2D eigenvalue weighted by molar-refractivity contribution is -0.167. The van der Waals surface area contributed by atoms with Crippen LogP contribution in [0, 0.1) is 0 Å². The molecule has 0 heterocycles. The van der Waals surface area contributed by atoms with Gasteiger partial charge in [0.2, 0.25) is 0 Å². The molecule has 0 bridgehead atoms. The Morgan fingerprint density at radius 3 is 0.779 bits per heavy atom. The van der Waals surface area contributed by atoms with Gasteiger partial charge in [0.25, 0.3) is 0 Å². The van der Waals surface area contributed by atoms with E-state index in [9.17, 15) is 14.4 Å². The molecule has 6 heteroatoms. The van der Waals surface area contributed by atoms with Crippen molar-refractivity contribution < 1.29 is 28.6 Å². The monoisotopic (exact) mass is 959 g/mol. The Labute approximate surface area is 424 Å². The number of hydrogen-bond acceptors (Lipinski definition) is 6. The zero-order chi connectivity index (χ0) is 49.3. The number of allylic oxidation sites excluding steroid dienone is 2. The van der Waals surface area contributed by atoms with Crippen LogP contribution in [0.5, 0.6) is 0 Å². The third kappa shape index (κ3) is 55.1. The first-order chi connectivity index (χ1) is 33.5. The van der Waals surface area contributed by atoms with E-state index in [4.69, 9.17) is 14.2 Å². The summed E-state index contributed by atoms with van der Waals surface area (Å²) in [5.41, 5.74) is 0. The first-order valence-electron chi connectivity index (χ1n) is 30.7. The summed E-state index contributed by atoms with van der Waals surface area (Å²) in [7, 11) is 0. The molecule has 1 atom stereocenters. The Bertz CT molecular complexity index is 1060. The summed E-state index contributed by atoms with van der Waals surface area (Å²) in [6.07, 6.45) is 66.6. The van der Waals surface area contributed by atoms with Crippen molar-refractivity contribution in [1.82, 2.24) is 0 Å². The van der Waals surface area contributed by atoms with E-state index in [2.05, 4.69) is 32.9 Å². The third-order valence-corrected chi connectivity index (χ3v) is 14.0. The highest BCUT2D eigenvalue weighted by molar-refractivity contribution is 5.71. The maximum Gasteiger partial charge on any atom is 0.306 e. The zero-order valence-corrected chi connectivity index (χ0v) is 46.2. The first kappa shape index (κ1) is 66.2. The second-order valence-electron chi connectivity index (χ2n) is 21.0. The van der Waals surface area contributed by atoms with Crippen LogP contribution in [-0.2, 0) is 28.6 Å². The van der Waals surface area contributed by atoms with E-state index >= 15 is 0 Å². The standard InChI is InChI=1S/C62H118O6/c1-4-7-10-13-16-19-22-24-25-26-27-28-29-30-31-32-33-34-35-36-38-40-43-46-49-52-55-61(64)67-58-59(57-66-60(63)54-51-48-45-42-39-21-18-15-12-9-6-3)68-62(65)56-53-50-47-44-41-37-23-20-17-14-11-8-5-2/h15,18,59H,4-14,16-17,19-58H2,1-3H3/b18-15-. The molecule has 0 aromatic carbocycles. The van der Waals surface area contributed by atoms with Crippen molar-refractivity contribution in [2.24, 2.45) is 0 Å². The van der Waals surface area contributed by atoms with Crippen molar-refractivity contribution in [3.8, 4) is 0 Å². The Hall–Kier alpha value is -1.85. The number of carbonyl (C=O) groups is 3. The summed E-state index contributed by atoms with van der Waals surface area (Å²) < 4.78 is 16.9. The number of unbranched alkanes of at least 4 members (excludes halogenated alkanes) is 44. The molecule has 0 aliphatic heterocycles. The summed E-state index contributed by atoms with van der Waals surface area (Å²) >= 11 is 0. The van der Waals surface area contributed by atoms with Gasteiger partial charge in [-0.1, -0.05) is 303 Å². The van der Waals surface area contributed by atoms with E-state index in [1.54, 1.807) is 0 Å². The number of hydrogen-bond donors (Lipinski definition) is 0. The van der Waals surface area contributed by atoms with Crippen LogP contribution in [0.4, 0.5) is 0 Å². The molecule has 0 aliphatic carbocycles. The number of ether oxygens (including phenoxy) is 3. The Morgan fingerprint density at radius 2 is 0.500 bits per heavy atom. The highest BCUT2D eigenvalue weighted by atomic mass is 16.6. The molecular formula is C62H118O6. The van der Waals surface area contributed by atoms with Gasteiger partial charge in [-0.05, 0) is 38.5 Å². The molecule has 0 spiro atoms. The minimum Gasteiger partial charge on any atom is -0.462 e. The van der Waals surface area contributed by atoms with Gasteiger partial charge < -0.3 is 14.2 Å². The molecule has 0 amide bonds. The molecule has 0 fully saturated rings. The fraction of sp³-hybridized carbons (Fsp3) is 0.919. The summed E-state index contributed by atoms with van der Waals surface area (Å²) in [5.74, 6) is -0.853. The molecule has 1 unspecified atom stereocenters. The summed E-state index contributed by atoms with van der Waals surface area (Å²) in [5, 5.41) is 0. The van der Waals surface area contributed by atoms with Crippen molar-refractivity contribution in [3.05, 3.63) is 12.2 Å². The highest BCUT2D eigenvalue weighted by Gasteiger charge is 2.19. The lowest BCUT2D eigenvalue weighted by Crippen LogP contribution is -2.30. The van der Waals surface area contributed by atoms with Gasteiger partial charge >= 0.3 is 17.9 Å². The molecule has 0 radical (unpaired) electrons. The predicted octanol–water partition coefficient (Wildman–Crippen LogP) is 20.5. The zero-order valence-electron chi connectivity index (χ0n) is 46.2. The lowest BCUT2D eigenvalue weighted by atomic mass is 10.0. The second kappa shape index (κ2) is 57.7. The average Bonchev–Trinajstić information content (AvgIpc) is 3.34. The Morgan fingerprint density at radius 1 is 0.279 bits per heavy atom. The van der Waals surface area contributed by atoms with Crippen LogP contribution in [0.3, 0.4) is 0 Å². The fourth-order valence-electron chi connectivity index (χ4n) is 9.37. The van der Waals surface area contributed by atoms with Gasteiger partial charge in [-0.15, -0.1) is 0 Å². The van der Waals surface area contributed by atoms with Crippen LogP contribution in [0.15, 0.2) is 12.2 Å². The largest absolute Gasteiger partial charge is 0.462 e. The van der Waals surface area contributed by atoms with Crippen molar-refractivity contribution >= 4 is 17.9 Å². The Balaban J connectivity index is 4.11. The van der Waals surface area contributed by atoms with Gasteiger partial charge in [-0.2, -0.15) is 0 Å². The van der Waals surface area contributed by atoms with Gasteiger partial charge in [-0.3, -0.25) is 14.4 Å². The van der Waals surface area contributed by atoms with Crippen LogP contribution in [0.1, 0.15) is 348 Å². The fourth-order valence-corrected chi connectivity index (χ4v) is 9.37. The van der Waals surface area contributed by atoms with Crippen LogP contribution in [-0.4, -0.2) is 37.2 Å². The smallest absolute Gasteiger partial charge is 0.306 e. The van der Waals surface area contributed by atoms with Crippen LogP contribution in [0.2, 0.25) is 0 Å². The van der Waals surface area contributed by atoms with Gasteiger partial charge in [0.05, 0.1) is 0 Å². The van der Waals surface area contributed by atoms with Crippen LogP contribution in [0.25, 0.3) is 0 Å². The van der Waals surface area contributed by atoms with E-state index in [1.807, 2.05) is 0 Å². The maximum atomic E-state index is 12.8. The molecule has 0 N–H and O–H groups in total.